The first-order chi connectivity index (χ1) is 6.99. The topological polar surface area (TPSA) is 20.2 Å². The van der Waals surface area contributed by atoms with E-state index >= 15 is 0 Å². The Balaban J connectivity index is 1.88. The lowest BCUT2D eigenvalue weighted by Crippen LogP contribution is -2.30. The Morgan fingerprint density at radius 3 is 2.27 bits per heavy atom. The lowest BCUT2D eigenvalue weighted by atomic mass is 9.79. The molecule has 2 aliphatic carbocycles. The minimum Gasteiger partial charge on any atom is -0.390 e. The highest BCUT2D eigenvalue weighted by atomic mass is 16.3. The van der Waals surface area contributed by atoms with Crippen molar-refractivity contribution in [1.29, 1.82) is 0 Å². The Bertz CT molecular complexity index is 215. The van der Waals surface area contributed by atoms with Gasteiger partial charge in [-0.2, -0.15) is 0 Å². The van der Waals surface area contributed by atoms with Gasteiger partial charge in [0.25, 0.3) is 0 Å². The van der Waals surface area contributed by atoms with E-state index in [0.717, 1.165) is 25.2 Å². The molecule has 0 bridgehead atoms. The molecule has 0 heterocycles. The Labute approximate surface area is 94.3 Å². The first-order valence-electron chi connectivity index (χ1n) is 6.72. The Morgan fingerprint density at radius 2 is 1.73 bits per heavy atom. The Morgan fingerprint density at radius 1 is 1.07 bits per heavy atom. The van der Waals surface area contributed by atoms with Gasteiger partial charge in [0.2, 0.25) is 0 Å². The number of hydrogen-bond donors (Lipinski definition) is 1. The van der Waals surface area contributed by atoms with Crippen LogP contribution in [0.4, 0.5) is 0 Å². The van der Waals surface area contributed by atoms with Crippen LogP contribution in [0, 0.1) is 11.3 Å². The maximum atomic E-state index is 10.6. The predicted octanol–water partition coefficient (Wildman–Crippen LogP) is 3.90. The summed E-state index contributed by atoms with van der Waals surface area (Å²) in [4.78, 5) is 0. The molecular formula is C14H26O. The molecule has 2 fully saturated rings. The van der Waals surface area contributed by atoms with E-state index < -0.39 is 0 Å². The van der Waals surface area contributed by atoms with E-state index in [0.29, 0.717) is 5.41 Å². The number of hydrogen-bond acceptors (Lipinski definition) is 1. The van der Waals surface area contributed by atoms with Crippen LogP contribution in [0.5, 0.6) is 0 Å². The van der Waals surface area contributed by atoms with Crippen LogP contribution in [0.3, 0.4) is 0 Å². The molecule has 88 valence electrons. The first-order valence-corrected chi connectivity index (χ1v) is 6.72. The average Bonchev–Trinajstić information content (AvgIpc) is 2.42. The normalized spacial score (nSPS) is 37.0. The molecule has 1 heteroatoms. The van der Waals surface area contributed by atoms with Crippen molar-refractivity contribution in [2.24, 2.45) is 11.3 Å². The van der Waals surface area contributed by atoms with Crippen LogP contribution in [0.25, 0.3) is 0 Å². The molecule has 2 aliphatic rings. The molecule has 0 aromatic carbocycles. The SMILES string of the molecule is CC1(C)CCC(O)(CC2CCCCC2)C1. The molecule has 2 saturated carbocycles. The first kappa shape index (κ1) is 11.4. The highest BCUT2D eigenvalue weighted by molar-refractivity contribution is 4.95. The van der Waals surface area contributed by atoms with Crippen molar-refractivity contribution in [2.45, 2.75) is 77.2 Å². The van der Waals surface area contributed by atoms with Gasteiger partial charge >= 0.3 is 0 Å². The lowest BCUT2D eigenvalue weighted by Gasteiger charge is -2.31. The molecule has 0 amide bonds. The smallest absolute Gasteiger partial charge is 0.0655 e. The Kier molecular flexibility index (Phi) is 3.12. The maximum Gasteiger partial charge on any atom is 0.0655 e. The second-order valence-electron chi connectivity index (χ2n) is 6.77. The van der Waals surface area contributed by atoms with Gasteiger partial charge in [-0.25, -0.2) is 0 Å². The molecule has 1 unspecified atom stereocenters. The van der Waals surface area contributed by atoms with Gasteiger partial charge < -0.3 is 5.11 Å². The minimum atomic E-state index is -0.314. The third-order valence-electron chi connectivity index (χ3n) is 4.47. The fourth-order valence-electron chi connectivity index (χ4n) is 3.74. The predicted molar refractivity (Wildman–Crippen MR) is 63.8 cm³/mol. The maximum absolute atomic E-state index is 10.6. The third-order valence-corrected chi connectivity index (χ3v) is 4.47. The monoisotopic (exact) mass is 210 g/mol. The molecule has 2 rings (SSSR count). The molecule has 15 heavy (non-hydrogen) atoms. The zero-order chi connectivity index (χ0) is 10.9. The van der Waals surface area contributed by atoms with Crippen molar-refractivity contribution < 1.29 is 5.11 Å². The molecule has 0 aromatic heterocycles. The molecule has 1 N–H and O–H groups in total. The van der Waals surface area contributed by atoms with Crippen LogP contribution in [-0.2, 0) is 0 Å². The summed E-state index contributed by atoms with van der Waals surface area (Å²) in [5.74, 6) is 0.817. The highest BCUT2D eigenvalue weighted by Crippen LogP contribution is 2.47. The fourth-order valence-corrected chi connectivity index (χ4v) is 3.74. The zero-order valence-corrected chi connectivity index (χ0v) is 10.4. The summed E-state index contributed by atoms with van der Waals surface area (Å²) in [6.07, 6.45) is 11.3. The van der Waals surface area contributed by atoms with Gasteiger partial charge in [0.1, 0.15) is 0 Å². The molecule has 1 nitrogen and oxygen atoms in total. The Hall–Kier alpha value is -0.0400. The summed E-state index contributed by atoms with van der Waals surface area (Å²) >= 11 is 0. The molecule has 0 radical (unpaired) electrons. The molecule has 0 spiro atoms. The van der Waals surface area contributed by atoms with Crippen molar-refractivity contribution in [1.82, 2.24) is 0 Å². The van der Waals surface area contributed by atoms with Gasteiger partial charge in [0.05, 0.1) is 5.60 Å². The largest absolute Gasteiger partial charge is 0.390 e. The van der Waals surface area contributed by atoms with Crippen LogP contribution >= 0.6 is 0 Å². The van der Waals surface area contributed by atoms with Crippen molar-refractivity contribution in [3.63, 3.8) is 0 Å². The second-order valence-corrected chi connectivity index (χ2v) is 6.77. The van der Waals surface area contributed by atoms with Crippen LogP contribution in [0.2, 0.25) is 0 Å². The quantitative estimate of drug-likeness (QED) is 0.733. The zero-order valence-electron chi connectivity index (χ0n) is 10.4. The van der Waals surface area contributed by atoms with E-state index in [9.17, 15) is 5.11 Å². The summed E-state index contributed by atoms with van der Waals surface area (Å²) in [7, 11) is 0. The molecule has 1 atom stereocenters. The lowest BCUT2D eigenvalue weighted by molar-refractivity contribution is 0.00792. The summed E-state index contributed by atoms with van der Waals surface area (Å²) in [6.45, 7) is 4.59. The van der Waals surface area contributed by atoms with Crippen LogP contribution in [-0.4, -0.2) is 10.7 Å². The standard InChI is InChI=1S/C14H26O/c1-13(2)8-9-14(15,11-13)10-12-6-4-3-5-7-12/h12,15H,3-11H2,1-2H3. The van der Waals surface area contributed by atoms with E-state index in [2.05, 4.69) is 13.8 Å². The molecule has 0 aliphatic heterocycles. The number of rotatable bonds is 2. The van der Waals surface area contributed by atoms with Gasteiger partial charge in [-0.05, 0) is 37.0 Å². The van der Waals surface area contributed by atoms with Gasteiger partial charge in [-0.15, -0.1) is 0 Å². The van der Waals surface area contributed by atoms with Gasteiger partial charge in [-0.3, -0.25) is 0 Å². The molecule has 0 saturated heterocycles. The fraction of sp³-hybridized carbons (Fsp3) is 1.00. The summed E-state index contributed by atoms with van der Waals surface area (Å²) in [6, 6.07) is 0. The molecular weight excluding hydrogens is 184 g/mol. The summed E-state index contributed by atoms with van der Waals surface area (Å²) in [5, 5.41) is 10.6. The van der Waals surface area contributed by atoms with Crippen LogP contribution in [0.1, 0.15) is 71.6 Å². The highest BCUT2D eigenvalue weighted by Gasteiger charge is 2.42. The van der Waals surface area contributed by atoms with Gasteiger partial charge in [0.15, 0.2) is 0 Å². The van der Waals surface area contributed by atoms with Crippen molar-refractivity contribution in [3.05, 3.63) is 0 Å². The van der Waals surface area contributed by atoms with Crippen molar-refractivity contribution in [2.75, 3.05) is 0 Å². The van der Waals surface area contributed by atoms with Crippen molar-refractivity contribution >= 4 is 0 Å². The van der Waals surface area contributed by atoms with E-state index in [1.165, 1.54) is 38.5 Å². The van der Waals surface area contributed by atoms with Gasteiger partial charge in [0, 0.05) is 0 Å². The summed E-state index contributed by atoms with van der Waals surface area (Å²) < 4.78 is 0. The third kappa shape index (κ3) is 2.96. The van der Waals surface area contributed by atoms with Crippen LogP contribution in [0.15, 0.2) is 0 Å². The minimum absolute atomic E-state index is 0.314. The molecule has 0 aromatic rings. The van der Waals surface area contributed by atoms with E-state index in [1.807, 2.05) is 0 Å². The average molecular weight is 210 g/mol. The van der Waals surface area contributed by atoms with E-state index in [1.54, 1.807) is 0 Å². The second kappa shape index (κ2) is 4.08. The number of aliphatic hydroxyl groups is 1. The van der Waals surface area contributed by atoms with Gasteiger partial charge in [-0.1, -0.05) is 46.0 Å². The van der Waals surface area contributed by atoms with Crippen LogP contribution < -0.4 is 0 Å². The van der Waals surface area contributed by atoms with Crippen molar-refractivity contribution in [3.8, 4) is 0 Å². The summed E-state index contributed by atoms with van der Waals surface area (Å²) in [5.41, 5.74) is 0.0644. The van der Waals surface area contributed by atoms with E-state index in [4.69, 9.17) is 0 Å². The van der Waals surface area contributed by atoms with E-state index in [-0.39, 0.29) is 5.60 Å².